The van der Waals surface area contributed by atoms with Crippen molar-refractivity contribution in [1.82, 2.24) is 9.44 Å². The highest BCUT2D eigenvalue weighted by Crippen LogP contribution is 2.10. The molecule has 0 aliphatic carbocycles. The largest absolute Gasteiger partial charge is 0.409 e. The summed E-state index contributed by atoms with van der Waals surface area (Å²) in [6.45, 7) is 5.48. The van der Waals surface area contributed by atoms with Crippen LogP contribution in [0.3, 0.4) is 0 Å². The molecule has 0 amide bonds. The van der Waals surface area contributed by atoms with Gasteiger partial charge in [-0.15, -0.1) is 0 Å². The fourth-order valence-electron chi connectivity index (χ4n) is 0.985. The summed E-state index contributed by atoms with van der Waals surface area (Å²) in [5.41, 5.74) is 4.35. The molecule has 0 spiro atoms. The third kappa shape index (κ3) is 4.33. The van der Waals surface area contributed by atoms with Gasteiger partial charge in [0, 0.05) is 6.54 Å². The van der Waals surface area contributed by atoms with Gasteiger partial charge in [-0.05, 0) is 19.8 Å². The standard InChI is InChI=1S/C8H20N4O3S/c1-4-6-10-16(14,15)12-8(3,5-2)7(9)11-13/h10,12-13H,4-6H2,1-3H3,(H2,9,11). The number of amidine groups is 1. The van der Waals surface area contributed by atoms with E-state index in [0.717, 1.165) is 0 Å². The van der Waals surface area contributed by atoms with E-state index in [9.17, 15) is 8.42 Å². The number of nitrogens with zero attached hydrogens (tertiary/aromatic N) is 1. The molecule has 0 saturated heterocycles. The van der Waals surface area contributed by atoms with Gasteiger partial charge in [0.05, 0.1) is 5.54 Å². The molecule has 0 rings (SSSR count). The summed E-state index contributed by atoms with van der Waals surface area (Å²) in [5, 5.41) is 11.4. The Morgan fingerprint density at radius 3 is 2.44 bits per heavy atom. The molecule has 16 heavy (non-hydrogen) atoms. The first kappa shape index (κ1) is 15.1. The SMILES string of the molecule is CCCNS(=O)(=O)NC(C)(CC)C(N)=NO. The predicted molar refractivity (Wildman–Crippen MR) is 62.5 cm³/mol. The lowest BCUT2D eigenvalue weighted by atomic mass is 10.00. The van der Waals surface area contributed by atoms with Gasteiger partial charge in [-0.2, -0.15) is 13.1 Å². The molecule has 8 heteroatoms. The summed E-state index contributed by atoms with van der Waals surface area (Å²) in [5.74, 6) is -0.170. The molecule has 0 heterocycles. The van der Waals surface area contributed by atoms with E-state index in [0.29, 0.717) is 19.4 Å². The molecule has 0 aromatic heterocycles. The van der Waals surface area contributed by atoms with Gasteiger partial charge in [0.2, 0.25) is 0 Å². The molecule has 5 N–H and O–H groups in total. The van der Waals surface area contributed by atoms with Gasteiger partial charge in [0.15, 0.2) is 5.84 Å². The average Bonchev–Trinajstić information content (AvgIpc) is 2.24. The van der Waals surface area contributed by atoms with Gasteiger partial charge in [-0.25, -0.2) is 4.72 Å². The summed E-state index contributed by atoms with van der Waals surface area (Å²) >= 11 is 0. The third-order valence-corrected chi connectivity index (χ3v) is 3.59. The van der Waals surface area contributed by atoms with Crippen LogP contribution in [-0.4, -0.2) is 31.5 Å². The van der Waals surface area contributed by atoms with Gasteiger partial charge < -0.3 is 10.9 Å². The zero-order chi connectivity index (χ0) is 12.8. The fraction of sp³-hybridized carbons (Fsp3) is 0.875. The Kier molecular flexibility index (Phi) is 5.70. The third-order valence-electron chi connectivity index (χ3n) is 2.28. The molecule has 7 nitrogen and oxygen atoms in total. The minimum Gasteiger partial charge on any atom is -0.409 e. The Balaban J connectivity index is 4.79. The van der Waals surface area contributed by atoms with Crippen molar-refractivity contribution in [2.45, 2.75) is 39.2 Å². The van der Waals surface area contributed by atoms with Gasteiger partial charge in [-0.3, -0.25) is 0 Å². The summed E-state index contributed by atoms with van der Waals surface area (Å²) in [6.07, 6.45) is 1.06. The first-order valence-electron chi connectivity index (χ1n) is 5.08. The smallest absolute Gasteiger partial charge is 0.277 e. The van der Waals surface area contributed by atoms with E-state index in [1.54, 1.807) is 13.8 Å². The van der Waals surface area contributed by atoms with Crippen LogP contribution in [0.5, 0.6) is 0 Å². The fourth-order valence-corrected chi connectivity index (χ4v) is 2.37. The number of nitrogens with two attached hydrogens (primary N) is 1. The molecule has 0 fully saturated rings. The Hall–Kier alpha value is -0.860. The highest BCUT2D eigenvalue weighted by atomic mass is 32.2. The van der Waals surface area contributed by atoms with Crippen LogP contribution in [0.2, 0.25) is 0 Å². The van der Waals surface area contributed by atoms with Gasteiger partial charge in [-0.1, -0.05) is 19.0 Å². The van der Waals surface area contributed by atoms with E-state index in [2.05, 4.69) is 14.6 Å². The minimum absolute atomic E-state index is 0.170. The average molecular weight is 252 g/mol. The Morgan fingerprint density at radius 1 is 1.50 bits per heavy atom. The van der Waals surface area contributed by atoms with Crippen molar-refractivity contribution in [3.05, 3.63) is 0 Å². The van der Waals surface area contributed by atoms with Gasteiger partial charge in [0.25, 0.3) is 10.2 Å². The lowest BCUT2D eigenvalue weighted by Crippen LogP contribution is -2.57. The van der Waals surface area contributed by atoms with Crippen molar-refractivity contribution in [2.24, 2.45) is 10.9 Å². The number of rotatable bonds is 7. The summed E-state index contributed by atoms with van der Waals surface area (Å²) < 4.78 is 27.8. The number of nitrogens with one attached hydrogen (secondary N) is 2. The first-order valence-corrected chi connectivity index (χ1v) is 6.56. The van der Waals surface area contributed by atoms with Crippen molar-refractivity contribution in [3.8, 4) is 0 Å². The maximum atomic E-state index is 11.6. The topological polar surface area (TPSA) is 117 Å². The van der Waals surface area contributed by atoms with Crippen molar-refractivity contribution < 1.29 is 13.6 Å². The Morgan fingerprint density at radius 2 is 2.06 bits per heavy atom. The molecular formula is C8H20N4O3S. The second-order valence-electron chi connectivity index (χ2n) is 3.67. The normalized spacial score (nSPS) is 17.1. The molecule has 0 aliphatic heterocycles. The monoisotopic (exact) mass is 252 g/mol. The maximum Gasteiger partial charge on any atom is 0.277 e. The minimum atomic E-state index is -3.64. The van der Waals surface area contributed by atoms with Crippen LogP contribution in [0.25, 0.3) is 0 Å². The lowest BCUT2D eigenvalue weighted by molar-refractivity contribution is 0.310. The van der Waals surface area contributed by atoms with Crippen LogP contribution in [0.15, 0.2) is 5.16 Å². The van der Waals surface area contributed by atoms with Crippen molar-refractivity contribution in [3.63, 3.8) is 0 Å². The number of oxime groups is 1. The summed E-state index contributed by atoms with van der Waals surface area (Å²) in [7, 11) is -3.64. The molecule has 0 aliphatic rings. The molecule has 1 atom stereocenters. The van der Waals surface area contributed by atoms with E-state index in [1.807, 2.05) is 6.92 Å². The first-order chi connectivity index (χ1) is 7.31. The maximum absolute atomic E-state index is 11.6. The summed E-state index contributed by atoms with van der Waals surface area (Å²) in [6, 6.07) is 0. The molecular weight excluding hydrogens is 232 g/mol. The highest BCUT2D eigenvalue weighted by Gasteiger charge is 2.32. The van der Waals surface area contributed by atoms with Crippen LogP contribution in [0, 0.1) is 0 Å². The van der Waals surface area contributed by atoms with Crippen LogP contribution < -0.4 is 15.2 Å². The van der Waals surface area contributed by atoms with Gasteiger partial charge >= 0.3 is 0 Å². The van der Waals surface area contributed by atoms with E-state index in [1.165, 1.54) is 0 Å². The van der Waals surface area contributed by atoms with E-state index >= 15 is 0 Å². The Labute approximate surface area is 96.3 Å². The summed E-state index contributed by atoms with van der Waals surface area (Å²) in [4.78, 5) is 0. The van der Waals surface area contributed by atoms with Crippen molar-refractivity contribution >= 4 is 16.0 Å². The van der Waals surface area contributed by atoms with Crippen LogP contribution in [0.4, 0.5) is 0 Å². The predicted octanol–water partition coefficient (Wildman–Crippen LogP) is -0.264. The molecule has 96 valence electrons. The highest BCUT2D eigenvalue weighted by molar-refractivity contribution is 7.87. The van der Waals surface area contributed by atoms with E-state index in [4.69, 9.17) is 10.9 Å². The van der Waals surface area contributed by atoms with E-state index in [-0.39, 0.29) is 5.84 Å². The second kappa shape index (κ2) is 6.02. The van der Waals surface area contributed by atoms with Crippen LogP contribution in [0.1, 0.15) is 33.6 Å². The quantitative estimate of drug-likeness (QED) is 0.216. The number of hydrogen-bond donors (Lipinski definition) is 4. The molecule has 1 unspecified atom stereocenters. The molecule has 0 aromatic carbocycles. The lowest BCUT2D eigenvalue weighted by Gasteiger charge is -2.27. The molecule has 0 saturated carbocycles. The Bertz CT molecular complexity index is 341. The number of hydrogen-bond acceptors (Lipinski definition) is 4. The second-order valence-corrected chi connectivity index (χ2v) is 5.17. The van der Waals surface area contributed by atoms with Crippen LogP contribution in [-0.2, 0) is 10.2 Å². The van der Waals surface area contributed by atoms with E-state index < -0.39 is 15.7 Å². The zero-order valence-electron chi connectivity index (χ0n) is 9.82. The van der Waals surface area contributed by atoms with Gasteiger partial charge in [0.1, 0.15) is 0 Å². The van der Waals surface area contributed by atoms with Crippen LogP contribution >= 0.6 is 0 Å². The zero-order valence-corrected chi connectivity index (χ0v) is 10.6. The molecule has 0 bridgehead atoms. The van der Waals surface area contributed by atoms with Crippen molar-refractivity contribution in [2.75, 3.05) is 6.54 Å². The molecule has 0 aromatic rings. The van der Waals surface area contributed by atoms with Crippen molar-refractivity contribution in [1.29, 1.82) is 0 Å². The molecule has 0 radical (unpaired) electrons.